The van der Waals surface area contributed by atoms with Crippen LogP contribution in [0.3, 0.4) is 0 Å². The predicted octanol–water partition coefficient (Wildman–Crippen LogP) is 0.443. The summed E-state index contributed by atoms with van der Waals surface area (Å²) in [5, 5.41) is 3.16. The molecule has 1 aliphatic heterocycles. The maximum atomic E-state index is 11.7. The van der Waals surface area contributed by atoms with E-state index in [1.165, 1.54) is 0 Å². The van der Waals surface area contributed by atoms with Crippen molar-refractivity contribution in [2.75, 3.05) is 46.4 Å². The van der Waals surface area contributed by atoms with Crippen molar-refractivity contribution in [1.82, 2.24) is 10.2 Å². The van der Waals surface area contributed by atoms with Crippen molar-refractivity contribution in [3.05, 3.63) is 0 Å². The zero-order valence-electron chi connectivity index (χ0n) is 9.22. The number of hydrogen-bond acceptors (Lipinski definition) is 4. The summed E-state index contributed by atoms with van der Waals surface area (Å²) in [6.07, 6.45) is -4.49. The molecule has 0 aromatic rings. The second-order valence-corrected chi connectivity index (χ2v) is 3.75. The number of rotatable bonds is 5. The van der Waals surface area contributed by atoms with Crippen molar-refractivity contribution in [2.45, 2.75) is 12.5 Å². The number of likely N-dealkylation sites (N-methyl/N-ethyl adjacent to an activating group) is 1. The summed E-state index contributed by atoms with van der Waals surface area (Å²) >= 11 is 0. The molecule has 0 aromatic carbocycles. The van der Waals surface area contributed by atoms with Gasteiger partial charge in [0.1, 0.15) is 0 Å². The molecule has 0 bridgehead atoms. The number of halogens is 3. The average molecular weight is 242 g/mol. The molecule has 1 fully saturated rings. The highest BCUT2D eigenvalue weighted by atomic mass is 19.4. The molecule has 96 valence electrons. The van der Waals surface area contributed by atoms with Crippen molar-refractivity contribution >= 4 is 0 Å². The minimum absolute atomic E-state index is 0.0460. The van der Waals surface area contributed by atoms with Crippen LogP contribution >= 0.6 is 0 Å². The second-order valence-electron chi connectivity index (χ2n) is 3.75. The van der Waals surface area contributed by atoms with Crippen LogP contribution in [0.25, 0.3) is 0 Å². The van der Waals surface area contributed by atoms with Crippen LogP contribution in [-0.4, -0.2) is 63.8 Å². The molecule has 1 saturated heterocycles. The molecule has 1 unspecified atom stereocenters. The Balaban J connectivity index is 2.08. The maximum Gasteiger partial charge on any atom is 0.522 e. The van der Waals surface area contributed by atoms with Gasteiger partial charge >= 0.3 is 6.36 Å². The molecule has 1 atom stereocenters. The maximum absolute atomic E-state index is 11.7. The fraction of sp³-hybridized carbons (Fsp3) is 1.00. The normalized spacial score (nSPS) is 22.7. The van der Waals surface area contributed by atoms with Crippen LogP contribution in [-0.2, 0) is 9.47 Å². The van der Waals surface area contributed by atoms with Gasteiger partial charge in [-0.1, -0.05) is 0 Å². The van der Waals surface area contributed by atoms with Gasteiger partial charge in [0, 0.05) is 26.2 Å². The summed E-state index contributed by atoms with van der Waals surface area (Å²) in [5.74, 6) is 0. The van der Waals surface area contributed by atoms with Crippen LogP contribution in [0.5, 0.6) is 0 Å². The third kappa shape index (κ3) is 6.26. The van der Waals surface area contributed by atoms with Crippen LogP contribution in [0.15, 0.2) is 0 Å². The average Bonchev–Trinajstić information content (AvgIpc) is 2.17. The van der Waals surface area contributed by atoms with E-state index in [1.54, 1.807) is 11.9 Å². The van der Waals surface area contributed by atoms with Crippen molar-refractivity contribution in [2.24, 2.45) is 0 Å². The lowest BCUT2D eigenvalue weighted by Crippen LogP contribution is -2.45. The Morgan fingerprint density at radius 2 is 2.25 bits per heavy atom. The molecule has 7 heteroatoms. The molecule has 4 nitrogen and oxygen atoms in total. The Hall–Kier alpha value is -0.370. The quantitative estimate of drug-likeness (QED) is 0.758. The topological polar surface area (TPSA) is 33.7 Å². The first kappa shape index (κ1) is 13.7. The standard InChI is InChI=1S/C9H17F3N2O2/c1-14(3-5-16-9(10,11)12)7-8-6-13-2-4-15-8/h8,13H,2-7H2,1H3. The summed E-state index contributed by atoms with van der Waals surface area (Å²) in [7, 11) is 1.75. The zero-order chi connectivity index (χ0) is 12.0. The third-order valence-electron chi connectivity index (χ3n) is 2.26. The number of nitrogens with zero attached hydrogens (tertiary/aromatic N) is 1. The highest BCUT2D eigenvalue weighted by Gasteiger charge is 2.28. The summed E-state index contributed by atoms with van der Waals surface area (Å²) in [6.45, 7) is 2.72. The fourth-order valence-electron chi connectivity index (χ4n) is 1.49. The first-order chi connectivity index (χ1) is 7.47. The molecule has 16 heavy (non-hydrogen) atoms. The van der Waals surface area contributed by atoms with E-state index in [4.69, 9.17) is 4.74 Å². The lowest BCUT2D eigenvalue weighted by atomic mass is 10.3. The summed E-state index contributed by atoms with van der Waals surface area (Å²) < 4.78 is 44.2. The van der Waals surface area contributed by atoms with Gasteiger partial charge in [-0.25, -0.2) is 0 Å². The molecule has 1 N–H and O–H groups in total. The van der Waals surface area contributed by atoms with Crippen molar-refractivity contribution in [1.29, 1.82) is 0 Å². The molecular weight excluding hydrogens is 225 g/mol. The number of hydrogen-bond donors (Lipinski definition) is 1. The van der Waals surface area contributed by atoms with E-state index in [1.807, 2.05) is 0 Å². The Morgan fingerprint density at radius 1 is 1.50 bits per heavy atom. The van der Waals surface area contributed by atoms with Gasteiger partial charge in [0.2, 0.25) is 0 Å². The van der Waals surface area contributed by atoms with Gasteiger partial charge in [-0.3, -0.25) is 4.74 Å². The van der Waals surface area contributed by atoms with Gasteiger partial charge in [-0.2, -0.15) is 0 Å². The van der Waals surface area contributed by atoms with Crippen LogP contribution < -0.4 is 5.32 Å². The van der Waals surface area contributed by atoms with E-state index in [0.717, 1.165) is 13.1 Å². The number of nitrogens with one attached hydrogen (secondary N) is 1. The minimum atomic E-state index is -4.54. The number of ether oxygens (including phenoxy) is 2. The van der Waals surface area contributed by atoms with E-state index < -0.39 is 6.36 Å². The van der Waals surface area contributed by atoms with E-state index in [0.29, 0.717) is 13.2 Å². The largest absolute Gasteiger partial charge is 0.522 e. The first-order valence-electron chi connectivity index (χ1n) is 5.19. The van der Waals surface area contributed by atoms with Crippen LogP contribution in [0, 0.1) is 0 Å². The van der Waals surface area contributed by atoms with Crippen LogP contribution in [0.1, 0.15) is 0 Å². The molecule has 1 aliphatic rings. The van der Waals surface area contributed by atoms with E-state index >= 15 is 0 Å². The van der Waals surface area contributed by atoms with Crippen LogP contribution in [0.2, 0.25) is 0 Å². The highest BCUT2D eigenvalue weighted by molar-refractivity contribution is 4.70. The Kier molecular flexibility index (Phi) is 5.47. The SMILES string of the molecule is CN(CCOC(F)(F)F)CC1CNCCO1. The van der Waals surface area contributed by atoms with Crippen molar-refractivity contribution in [3.63, 3.8) is 0 Å². The van der Waals surface area contributed by atoms with Gasteiger partial charge < -0.3 is 15.0 Å². The van der Waals surface area contributed by atoms with Crippen molar-refractivity contribution in [3.8, 4) is 0 Å². The molecular formula is C9H17F3N2O2. The molecule has 1 heterocycles. The molecule has 0 radical (unpaired) electrons. The van der Waals surface area contributed by atoms with E-state index in [9.17, 15) is 13.2 Å². The lowest BCUT2D eigenvalue weighted by Gasteiger charge is -2.27. The third-order valence-corrected chi connectivity index (χ3v) is 2.26. The molecule has 1 rings (SSSR count). The molecule has 0 amide bonds. The molecule has 0 spiro atoms. The molecule has 0 saturated carbocycles. The Morgan fingerprint density at radius 3 is 2.81 bits per heavy atom. The van der Waals surface area contributed by atoms with Gasteiger partial charge in [0.15, 0.2) is 0 Å². The number of morpholine rings is 1. The van der Waals surface area contributed by atoms with Gasteiger partial charge in [0.05, 0.1) is 19.3 Å². The fourth-order valence-corrected chi connectivity index (χ4v) is 1.49. The molecule has 0 aromatic heterocycles. The van der Waals surface area contributed by atoms with Gasteiger partial charge in [-0.05, 0) is 7.05 Å². The minimum Gasteiger partial charge on any atom is -0.374 e. The summed E-state index contributed by atoms with van der Waals surface area (Å²) in [5.41, 5.74) is 0. The monoisotopic (exact) mass is 242 g/mol. The van der Waals surface area contributed by atoms with Crippen LogP contribution in [0.4, 0.5) is 13.2 Å². The Bertz CT molecular complexity index is 196. The Labute approximate surface area is 92.7 Å². The highest BCUT2D eigenvalue weighted by Crippen LogP contribution is 2.15. The zero-order valence-corrected chi connectivity index (χ0v) is 9.22. The number of alkyl halides is 3. The van der Waals surface area contributed by atoms with E-state index in [-0.39, 0.29) is 19.3 Å². The summed E-state index contributed by atoms with van der Waals surface area (Å²) in [4.78, 5) is 1.77. The predicted molar refractivity (Wildman–Crippen MR) is 52.1 cm³/mol. The second kappa shape index (κ2) is 6.39. The van der Waals surface area contributed by atoms with E-state index in [2.05, 4.69) is 10.1 Å². The first-order valence-corrected chi connectivity index (χ1v) is 5.19. The van der Waals surface area contributed by atoms with Crippen molar-refractivity contribution < 1.29 is 22.6 Å². The van der Waals surface area contributed by atoms with Gasteiger partial charge in [0.25, 0.3) is 0 Å². The van der Waals surface area contributed by atoms with Gasteiger partial charge in [-0.15, -0.1) is 13.2 Å². The lowest BCUT2D eigenvalue weighted by molar-refractivity contribution is -0.324. The molecule has 0 aliphatic carbocycles. The smallest absolute Gasteiger partial charge is 0.374 e. The summed E-state index contributed by atoms with van der Waals surface area (Å²) in [6, 6.07) is 0.